The Labute approximate surface area is 103 Å². The molecular weight excluding hydrogens is 218 g/mol. The number of ether oxygens (including phenoxy) is 2. The average Bonchev–Trinajstić information content (AvgIpc) is 2.80. The largest absolute Gasteiger partial charge is 0.462 e. The number of nitrogens with one attached hydrogen (secondary N) is 1. The summed E-state index contributed by atoms with van der Waals surface area (Å²) in [4.78, 5) is 12.0. The van der Waals surface area contributed by atoms with Gasteiger partial charge in [0, 0.05) is 6.04 Å². The number of rotatable bonds is 3. The fourth-order valence-electron chi connectivity index (χ4n) is 2.67. The van der Waals surface area contributed by atoms with Crippen LogP contribution in [0.2, 0.25) is 0 Å². The van der Waals surface area contributed by atoms with E-state index in [-0.39, 0.29) is 24.0 Å². The van der Waals surface area contributed by atoms with Crippen molar-refractivity contribution in [2.24, 2.45) is 11.8 Å². The maximum Gasteiger partial charge on any atom is 0.313 e. The molecule has 2 rings (SSSR count). The molecule has 4 heteroatoms. The van der Waals surface area contributed by atoms with Crippen molar-refractivity contribution < 1.29 is 14.3 Å². The Kier molecular flexibility index (Phi) is 4.40. The topological polar surface area (TPSA) is 47.6 Å². The van der Waals surface area contributed by atoms with Gasteiger partial charge < -0.3 is 14.8 Å². The lowest BCUT2D eigenvalue weighted by atomic mass is 9.89. The summed E-state index contributed by atoms with van der Waals surface area (Å²) < 4.78 is 10.9. The zero-order valence-corrected chi connectivity index (χ0v) is 10.8. The third-order valence-corrected chi connectivity index (χ3v) is 4.00. The van der Waals surface area contributed by atoms with Gasteiger partial charge in [-0.1, -0.05) is 6.92 Å². The highest BCUT2D eigenvalue weighted by atomic mass is 16.5. The van der Waals surface area contributed by atoms with E-state index in [1.807, 2.05) is 7.05 Å². The molecule has 0 aromatic carbocycles. The first-order valence-electron chi connectivity index (χ1n) is 6.66. The van der Waals surface area contributed by atoms with Gasteiger partial charge in [-0.05, 0) is 38.6 Å². The zero-order chi connectivity index (χ0) is 12.3. The normalized spacial score (nSPS) is 38.0. The molecule has 17 heavy (non-hydrogen) atoms. The first kappa shape index (κ1) is 12.8. The van der Waals surface area contributed by atoms with E-state index in [9.17, 15) is 4.79 Å². The maximum atomic E-state index is 12.0. The molecule has 2 unspecified atom stereocenters. The number of carbonyl (C=O) groups excluding carboxylic acids is 1. The molecule has 4 nitrogen and oxygen atoms in total. The summed E-state index contributed by atoms with van der Waals surface area (Å²) in [6, 6.07) is 0.116. The van der Waals surface area contributed by atoms with Crippen molar-refractivity contribution in [3.05, 3.63) is 0 Å². The van der Waals surface area contributed by atoms with Crippen molar-refractivity contribution in [1.82, 2.24) is 5.32 Å². The van der Waals surface area contributed by atoms with Crippen LogP contribution in [0.15, 0.2) is 0 Å². The molecule has 2 aliphatic rings. The van der Waals surface area contributed by atoms with Gasteiger partial charge in [0.15, 0.2) is 0 Å². The Morgan fingerprint density at radius 2 is 1.94 bits per heavy atom. The van der Waals surface area contributed by atoms with E-state index in [0.717, 1.165) is 18.8 Å². The lowest BCUT2D eigenvalue weighted by molar-refractivity contribution is -0.156. The van der Waals surface area contributed by atoms with Crippen LogP contribution in [0.5, 0.6) is 0 Å². The van der Waals surface area contributed by atoms with Gasteiger partial charge in [0.25, 0.3) is 0 Å². The quantitative estimate of drug-likeness (QED) is 0.758. The highest BCUT2D eigenvalue weighted by Crippen LogP contribution is 2.27. The Morgan fingerprint density at radius 1 is 1.24 bits per heavy atom. The molecule has 1 saturated carbocycles. The van der Waals surface area contributed by atoms with Crippen LogP contribution in [-0.4, -0.2) is 38.4 Å². The molecular formula is C13H23NO3. The van der Waals surface area contributed by atoms with Gasteiger partial charge >= 0.3 is 5.97 Å². The van der Waals surface area contributed by atoms with Crippen molar-refractivity contribution in [3.63, 3.8) is 0 Å². The smallest absolute Gasteiger partial charge is 0.313 e. The number of hydrogen-bond acceptors (Lipinski definition) is 4. The molecule has 0 radical (unpaired) electrons. The van der Waals surface area contributed by atoms with Crippen LogP contribution in [0.1, 0.15) is 32.6 Å². The summed E-state index contributed by atoms with van der Waals surface area (Å²) in [6.07, 6.45) is 4.52. The molecule has 0 bridgehead atoms. The summed E-state index contributed by atoms with van der Waals surface area (Å²) in [5.41, 5.74) is 0. The van der Waals surface area contributed by atoms with Crippen molar-refractivity contribution in [1.29, 1.82) is 0 Å². The van der Waals surface area contributed by atoms with E-state index in [2.05, 4.69) is 12.2 Å². The maximum absolute atomic E-state index is 12.0. The molecule has 1 aliphatic heterocycles. The fraction of sp³-hybridized carbons (Fsp3) is 0.923. The van der Waals surface area contributed by atoms with Crippen molar-refractivity contribution >= 4 is 5.97 Å². The van der Waals surface area contributed by atoms with Gasteiger partial charge in [0.2, 0.25) is 0 Å². The lowest BCUT2D eigenvalue weighted by Crippen LogP contribution is -2.39. The molecule has 1 heterocycles. The molecule has 0 aromatic rings. The summed E-state index contributed by atoms with van der Waals surface area (Å²) in [5, 5.41) is 3.11. The van der Waals surface area contributed by atoms with Gasteiger partial charge in [-0.3, -0.25) is 4.79 Å². The van der Waals surface area contributed by atoms with E-state index < -0.39 is 0 Å². The highest BCUT2D eigenvalue weighted by molar-refractivity contribution is 5.74. The standard InChI is InChI=1S/C13H23NO3/c1-9-3-5-10(6-4-9)17-13(15)11-7-16-8-12(11)14-2/h9-12,14H,3-8H2,1-2H3. The van der Waals surface area contributed by atoms with Gasteiger partial charge in [0.1, 0.15) is 6.10 Å². The second kappa shape index (κ2) is 5.83. The lowest BCUT2D eigenvalue weighted by Gasteiger charge is -2.27. The van der Waals surface area contributed by atoms with Gasteiger partial charge in [-0.2, -0.15) is 0 Å². The van der Waals surface area contributed by atoms with E-state index >= 15 is 0 Å². The molecule has 1 aliphatic carbocycles. The first-order chi connectivity index (χ1) is 8.20. The van der Waals surface area contributed by atoms with E-state index in [1.54, 1.807) is 0 Å². The predicted octanol–water partition coefficient (Wildman–Crippen LogP) is 1.34. The van der Waals surface area contributed by atoms with Crippen molar-refractivity contribution in [2.45, 2.75) is 44.8 Å². The molecule has 2 atom stereocenters. The van der Waals surface area contributed by atoms with E-state index in [1.165, 1.54) is 12.8 Å². The molecule has 0 aromatic heterocycles. The summed E-state index contributed by atoms with van der Waals surface area (Å²) in [6.45, 7) is 3.37. The van der Waals surface area contributed by atoms with Gasteiger partial charge in [0.05, 0.1) is 19.1 Å². The second-order valence-corrected chi connectivity index (χ2v) is 5.36. The third kappa shape index (κ3) is 3.19. The Bertz CT molecular complexity index is 261. The molecule has 1 N–H and O–H groups in total. The minimum Gasteiger partial charge on any atom is -0.462 e. The number of esters is 1. The van der Waals surface area contributed by atoms with Crippen molar-refractivity contribution in [2.75, 3.05) is 20.3 Å². The molecule has 0 amide bonds. The van der Waals surface area contributed by atoms with Crippen LogP contribution in [-0.2, 0) is 14.3 Å². The summed E-state index contributed by atoms with van der Waals surface area (Å²) in [5.74, 6) is 0.575. The Hall–Kier alpha value is -0.610. The molecule has 98 valence electrons. The zero-order valence-electron chi connectivity index (χ0n) is 10.8. The number of hydrogen-bond donors (Lipinski definition) is 1. The second-order valence-electron chi connectivity index (χ2n) is 5.36. The van der Waals surface area contributed by atoms with E-state index in [4.69, 9.17) is 9.47 Å². The van der Waals surface area contributed by atoms with Crippen LogP contribution in [0, 0.1) is 11.8 Å². The predicted molar refractivity (Wildman–Crippen MR) is 64.7 cm³/mol. The first-order valence-corrected chi connectivity index (χ1v) is 6.66. The van der Waals surface area contributed by atoms with Crippen LogP contribution in [0.4, 0.5) is 0 Å². The third-order valence-electron chi connectivity index (χ3n) is 4.00. The average molecular weight is 241 g/mol. The summed E-state index contributed by atoms with van der Waals surface area (Å²) >= 11 is 0. The Morgan fingerprint density at radius 3 is 2.59 bits per heavy atom. The van der Waals surface area contributed by atoms with Crippen LogP contribution in [0.25, 0.3) is 0 Å². The number of likely N-dealkylation sites (N-methyl/N-ethyl adjacent to an activating group) is 1. The fourth-order valence-corrected chi connectivity index (χ4v) is 2.67. The summed E-state index contributed by atoms with van der Waals surface area (Å²) in [7, 11) is 1.86. The molecule has 1 saturated heterocycles. The highest BCUT2D eigenvalue weighted by Gasteiger charge is 2.35. The van der Waals surface area contributed by atoms with Crippen molar-refractivity contribution in [3.8, 4) is 0 Å². The van der Waals surface area contributed by atoms with Crippen LogP contribution >= 0.6 is 0 Å². The SMILES string of the molecule is CNC1COCC1C(=O)OC1CCC(C)CC1. The molecule has 2 fully saturated rings. The Balaban J connectivity index is 1.80. The van der Waals surface area contributed by atoms with E-state index in [0.29, 0.717) is 13.2 Å². The molecule has 0 spiro atoms. The minimum absolute atomic E-state index is 0.0820. The number of carbonyl (C=O) groups is 1. The van der Waals surface area contributed by atoms with Gasteiger partial charge in [-0.25, -0.2) is 0 Å². The minimum atomic E-state index is -0.126. The monoisotopic (exact) mass is 241 g/mol. The van der Waals surface area contributed by atoms with Crippen LogP contribution in [0.3, 0.4) is 0 Å². The van der Waals surface area contributed by atoms with Crippen LogP contribution < -0.4 is 5.32 Å². The van der Waals surface area contributed by atoms with Gasteiger partial charge in [-0.15, -0.1) is 0 Å².